The summed E-state index contributed by atoms with van der Waals surface area (Å²) in [4.78, 5) is 1.02. The van der Waals surface area contributed by atoms with Gasteiger partial charge in [-0.05, 0) is 30.5 Å². The van der Waals surface area contributed by atoms with Crippen LogP contribution in [-0.4, -0.2) is 6.26 Å². The molecule has 0 heterocycles. The molecule has 0 atom stereocenters. The number of para-hydroxylation sites is 1. The maximum atomic E-state index is 9.04. The van der Waals surface area contributed by atoms with E-state index in [4.69, 9.17) is 21.6 Å². The Kier molecular flexibility index (Phi) is 4.14. The summed E-state index contributed by atoms with van der Waals surface area (Å²) in [7, 11) is 0. The summed E-state index contributed by atoms with van der Waals surface area (Å²) in [6, 6.07) is 14.7. The Bertz CT molecular complexity index is 607. The van der Waals surface area contributed by atoms with Crippen molar-refractivity contribution in [1.29, 1.82) is 5.26 Å². The highest BCUT2D eigenvalue weighted by molar-refractivity contribution is 7.98. The first-order chi connectivity index (χ1) is 8.74. The standard InChI is InChI=1S/C14H10ClNOS/c1-18-14-5-3-2-4-12(14)17-13-8-11(15)7-6-10(13)9-16/h2-8H,1H3. The fraction of sp³-hybridized carbons (Fsp3) is 0.0714. The molecule has 0 saturated carbocycles. The van der Waals surface area contributed by atoms with Gasteiger partial charge in [-0.1, -0.05) is 23.7 Å². The fourth-order valence-corrected chi connectivity index (χ4v) is 2.18. The van der Waals surface area contributed by atoms with Crippen molar-refractivity contribution < 1.29 is 4.74 Å². The minimum atomic E-state index is 0.468. The minimum absolute atomic E-state index is 0.468. The molecule has 0 aliphatic rings. The summed E-state index contributed by atoms with van der Waals surface area (Å²) in [5.41, 5.74) is 0.468. The molecule has 0 aromatic heterocycles. The molecule has 2 rings (SSSR count). The SMILES string of the molecule is CSc1ccccc1Oc1cc(Cl)ccc1C#N. The molecular weight excluding hydrogens is 266 g/mol. The van der Waals surface area contributed by atoms with Gasteiger partial charge >= 0.3 is 0 Å². The van der Waals surface area contributed by atoms with E-state index in [1.54, 1.807) is 30.0 Å². The Balaban J connectivity index is 2.40. The summed E-state index contributed by atoms with van der Waals surface area (Å²) >= 11 is 7.51. The molecule has 0 N–H and O–H groups in total. The van der Waals surface area contributed by atoms with Crippen LogP contribution in [0.1, 0.15) is 5.56 Å². The Morgan fingerprint density at radius 3 is 2.67 bits per heavy atom. The molecule has 2 nitrogen and oxygen atoms in total. The van der Waals surface area contributed by atoms with Crippen LogP contribution in [-0.2, 0) is 0 Å². The number of halogens is 1. The van der Waals surface area contributed by atoms with Crippen molar-refractivity contribution in [3.05, 3.63) is 53.1 Å². The molecular formula is C14H10ClNOS. The lowest BCUT2D eigenvalue weighted by Crippen LogP contribution is -1.89. The average molecular weight is 276 g/mol. The van der Waals surface area contributed by atoms with Crippen LogP contribution >= 0.6 is 23.4 Å². The minimum Gasteiger partial charge on any atom is -0.455 e. The number of ether oxygens (including phenoxy) is 1. The predicted octanol–water partition coefficient (Wildman–Crippen LogP) is 4.73. The third-order valence-corrected chi connectivity index (χ3v) is 3.37. The number of benzene rings is 2. The highest BCUT2D eigenvalue weighted by Gasteiger charge is 2.08. The second-order valence-electron chi connectivity index (χ2n) is 3.51. The number of hydrogen-bond acceptors (Lipinski definition) is 3. The van der Waals surface area contributed by atoms with Crippen LogP contribution in [0.3, 0.4) is 0 Å². The van der Waals surface area contributed by atoms with Crippen molar-refractivity contribution >= 4 is 23.4 Å². The van der Waals surface area contributed by atoms with E-state index in [0.29, 0.717) is 16.3 Å². The van der Waals surface area contributed by atoms with Gasteiger partial charge in [0.2, 0.25) is 0 Å². The lowest BCUT2D eigenvalue weighted by molar-refractivity contribution is 0.469. The molecule has 18 heavy (non-hydrogen) atoms. The number of thioether (sulfide) groups is 1. The average Bonchev–Trinajstić information content (AvgIpc) is 2.40. The zero-order chi connectivity index (χ0) is 13.0. The van der Waals surface area contributed by atoms with Crippen LogP contribution < -0.4 is 4.74 Å². The van der Waals surface area contributed by atoms with Gasteiger partial charge in [-0.3, -0.25) is 0 Å². The summed E-state index contributed by atoms with van der Waals surface area (Å²) in [6.45, 7) is 0. The third-order valence-electron chi connectivity index (χ3n) is 2.35. The zero-order valence-electron chi connectivity index (χ0n) is 9.68. The van der Waals surface area contributed by atoms with Crippen molar-refractivity contribution in [2.75, 3.05) is 6.26 Å². The number of nitrogens with zero attached hydrogens (tertiary/aromatic N) is 1. The Hall–Kier alpha value is -1.63. The molecule has 0 aliphatic heterocycles. The maximum Gasteiger partial charge on any atom is 0.146 e. The quantitative estimate of drug-likeness (QED) is 0.760. The van der Waals surface area contributed by atoms with Gasteiger partial charge in [0.15, 0.2) is 0 Å². The molecule has 4 heteroatoms. The smallest absolute Gasteiger partial charge is 0.146 e. The van der Waals surface area contributed by atoms with E-state index in [1.807, 2.05) is 30.5 Å². The normalized spacial score (nSPS) is 9.83. The molecule has 0 amide bonds. The molecule has 2 aromatic carbocycles. The monoisotopic (exact) mass is 275 g/mol. The van der Waals surface area contributed by atoms with Crippen molar-refractivity contribution in [2.24, 2.45) is 0 Å². The van der Waals surface area contributed by atoms with E-state index in [-0.39, 0.29) is 0 Å². The number of hydrogen-bond donors (Lipinski definition) is 0. The van der Waals surface area contributed by atoms with Crippen molar-refractivity contribution in [3.63, 3.8) is 0 Å². The van der Waals surface area contributed by atoms with E-state index in [0.717, 1.165) is 10.6 Å². The predicted molar refractivity (Wildman–Crippen MR) is 74.5 cm³/mol. The van der Waals surface area contributed by atoms with Gasteiger partial charge in [-0.25, -0.2) is 0 Å². The van der Waals surface area contributed by atoms with E-state index in [2.05, 4.69) is 6.07 Å². The van der Waals surface area contributed by atoms with Gasteiger partial charge in [-0.2, -0.15) is 5.26 Å². The molecule has 90 valence electrons. The molecule has 0 fully saturated rings. The first-order valence-electron chi connectivity index (χ1n) is 5.25. The molecule has 0 saturated heterocycles. The molecule has 0 radical (unpaired) electrons. The van der Waals surface area contributed by atoms with Crippen LogP contribution in [0.25, 0.3) is 0 Å². The zero-order valence-corrected chi connectivity index (χ0v) is 11.3. The number of nitriles is 1. The Morgan fingerprint density at radius 2 is 1.94 bits per heavy atom. The lowest BCUT2D eigenvalue weighted by atomic mass is 10.2. The van der Waals surface area contributed by atoms with Gasteiger partial charge in [-0.15, -0.1) is 11.8 Å². The summed E-state index contributed by atoms with van der Waals surface area (Å²) in [5, 5.41) is 9.58. The van der Waals surface area contributed by atoms with E-state index >= 15 is 0 Å². The van der Waals surface area contributed by atoms with E-state index in [1.165, 1.54) is 0 Å². The van der Waals surface area contributed by atoms with E-state index < -0.39 is 0 Å². The number of rotatable bonds is 3. The van der Waals surface area contributed by atoms with Gasteiger partial charge in [0, 0.05) is 16.0 Å². The van der Waals surface area contributed by atoms with Gasteiger partial charge in [0.05, 0.1) is 5.56 Å². The molecule has 0 bridgehead atoms. The molecule has 0 aliphatic carbocycles. The van der Waals surface area contributed by atoms with Crippen LogP contribution in [0.4, 0.5) is 0 Å². The first-order valence-corrected chi connectivity index (χ1v) is 6.85. The van der Waals surface area contributed by atoms with Crippen molar-refractivity contribution in [3.8, 4) is 17.6 Å². The molecule has 0 unspecified atom stereocenters. The largest absolute Gasteiger partial charge is 0.455 e. The molecule has 0 spiro atoms. The van der Waals surface area contributed by atoms with Gasteiger partial charge in [0.1, 0.15) is 17.6 Å². The third kappa shape index (κ3) is 2.79. The maximum absolute atomic E-state index is 9.04. The highest BCUT2D eigenvalue weighted by atomic mass is 35.5. The fourth-order valence-electron chi connectivity index (χ4n) is 1.49. The Labute approximate surface area is 115 Å². The first kappa shape index (κ1) is 12.8. The van der Waals surface area contributed by atoms with Crippen molar-refractivity contribution in [2.45, 2.75) is 4.90 Å². The van der Waals surface area contributed by atoms with Gasteiger partial charge < -0.3 is 4.74 Å². The van der Waals surface area contributed by atoms with E-state index in [9.17, 15) is 0 Å². The second-order valence-corrected chi connectivity index (χ2v) is 4.79. The van der Waals surface area contributed by atoms with Crippen molar-refractivity contribution in [1.82, 2.24) is 0 Å². The van der Waals surface area contributed by atoms with Crippen LogP contribution in [0.2, 0.25) is 5.02 Å². The highest BCUT2D eigenvalue weighted by Crippen LogP contribution is 2.33. The van der Waals surface area contributed by atoms with Gasteiger partial charge in [0.25, 0.3) is 0 Å². The van der Waals surface area contributed by atoms with Crippen LogP contribution in [0, 0.1) is 11.3 Å². The summed E-state index contributed by atoms with van der Waals surface area (Å²) in [5.74, 6) is 1.20. The van der Waals surface area contributed by atoms with Crippen LogP contribution in [0.5, 0.6) is 11.5 Å². The second kappa shape index (κ2) is 5.81. The topological polar surface area (TPSA) is 33.0 Å². The van der Waals surface area contributed by atoms with Crippen LogP contribution in [0.15, 0.2) is 47.4 Å². The summed E-state index contributed by atoms with van der Waals surface area (Å²) in [6.07, 6.45) is 1.98. The summed E-state index contributed by atoms with van der Waals surface area (Å²) < 4.78 is 5.78. The molecule has 2 aromatic rings. The lowest BCUT2D eigenvalue weighted by Gasteiger charge is -2.10. The Morgan fingerprint density at radius 1 is 1.17 bits per heavy atom.